The molecule has 6 nitrogen and oxygen atoms in total. The number of ether oxygens (including phenoxy) is 3. The first-order chi connectivity index (χ1) is 14.0. The summed E-state index contributed by atoms with van der Waals surface area (Å²) in [6.45, 7) is 4.02. The van der Waals surface area contributed by atoms with Crippen molar-refractivity contribution in [1.82, 2.24) is 0 Å². The molecule has 7 heteroatoms. The number of hydrazone groups is 1. The fourth-order valence-corrected chi connectivity index (χ4v) is 3.85. The summed E-state index contributed by atoms with van der Waals surface area (Å²) in [4.78, 5) is 12.4. The van der Waals surface area contributed by atoms with Crippen LogP contribution in [0.4, 0.5) is 10.1 Å². The molecule has 0 radical (unpaired) electrons. The number of esters is 1. The Balaban J connectivity index is 1.64. The lowest BCUT2D eigenvalue weighted by atomic mass is 9.84. The molecule has 0 saturated carbocycles. The minimum absolute atomic E-state index is 0.0753. The Morgan fingerprint density at radius 2 is 1.76 bits per heavy atom. The highest BCUT2D eigenvalue weighted by atomic mass is 19.1. The van der Waals surface area contributed by atoms with Gasteiger partial charge < -0.3 is 14.2 Å². The van der Waals surface area contributed by atoms with Crippen molar-refractivity contribution < 1.29 is 23.4 Å². The maximum Gasteiger partial charge on any atom is 0.354 e. The van der Waals surface area contributed by atoms with Gasteiger partial charge in [0.25, 0.3) is 0 Å². The van der Waals surface area contributed by atoms with E-state index in [0.717, 1.165) is 5.56 Å². The van der Waals surface area contributed by atoms with E-state index in [2.05, 4.69) is 5.10 Å². The van der Waals surface area contributed by atoms with Crippen molar-refractivity contribution >= 4 is 17.4 Å². The molecular weight excluding hydrogens is 375 g/mol. The fourth-order valence-electron chi connectivity index (χ4n) is 3.85. The molecule has 2 aliphatic rings. The molecular formula is C22H23FN2O4. The van der Waals surface area contributed by atoms with Gasteiger partial charge in [-0.15, -0.1) is 0 Å². The Kier molecular flexibility index (Phi) is 5.34. The minimum Gasteiger partial charge on any atom is -0.464 e. The third kappa shape index (κ3) is 3.63. The Morgan fingerprint density at radius 1 is 1.10 bits per heavy atom. The lowest BCUT2D eigenvalue weighted by Gasteiger charge is -2.44. The SMILES string of the molecule is COC(=O)C1=NN(c2ccc(F)cc2)C(C2OC(c3ccccc3)O2)C1C(C)C. The first-order valence-corrected chi connectivity index (χ1v) is 9.57. The smallest absolute Gasteiger partial charge is 0.354 e. The largest absolute Gasteiger partial charge is 0.464 e. The number of methoxy groups -OCH3 is 1. The summed E-state index contributed by atoms with van der Waals surface area (Å²) in [5.41, 5.74) is 1.88. The van der Waals surface area contributed by atoms with Crippen molar-refractivity contribution in [1.29, 1.82) is 0 Å². The molecule has 1 saturated heterocycles. The molecule has 2 aliphatic heterocycles. The van der Waals surface area contributed by atoms with Crippen LogP contribution in [-0.2, 0) is 19.0 Å². The Hall–Kier alpha value is -2.77. The van der Waals surface area contributed by atoms with Gasteiger partial charge in [-0.2, -0.15) is 5.10 Å². The monoisotopic (exact) mass is 398 g/mol. The van der Waals surface area contributed by atoms with Crippen LogP contribution >= 0.6 is 0 Å². The maximum atomic E-state index is 13.4. The zero-order chi connectivity index (χ0) is 20.5. The van der Waals surface area contributed by atoms with Crippen LogP contribution in [0.15, 0.2) is 59.7 Å². The Bertz CT molecular complexity index is 895. The van der Waals surface area contributed by atoms with Crippen LogP contribution in [0.5, 0.6) is 0 Å². The standard InChI is InChI=1S/C22H23FN2O4/c1-13(2)17-18(20(26)27-3)24-25(16-11-9-15(23)10-12-16)19(17)22-28-21(29-22)14-7-5-4-6-8-14/h4-13,17,19,21-22H,1-3H3. The first kappa shape index (κ1) is 19.5. The number of anilines is 1. The average Bonchev–Trinajstić information content (AvgIpc) is 3.08. The highest BCUT2D eigenvalue weighted by Gasteiger charge is 2.52. The summed E-state index contributed by atoms with van der Waals surface area (Å²) >= 11 is 0. The van der Waals surface area contributed by atoms with Crippen LogP contribution in [-0.4, -0.2) is 31.1 Å². The molecule has 0 bridgehead atoms. The number of halogens is 1. The number of hydrogen-bond acceptors (Lipinski definition) is 6. The quantitative estimate of drug-likeness (QED) is 0.716. The number of hydrogen-bond donors (Lipinski definition) is 0. The number of nitrogens with zero attached hydrogens (tertiary/aromatic N) is 2. The van der Waals surface area contributed by atoms with Crippen LogP contribution in [0.3, 0.4) is 0 Å². The lowest BCUT2D eigenvalue weighted by molar-refractivity contribution is -0.397. The van der Waals surface area contributed by atoms with E-state index in [0.29, 0.717) is 11.4 Å². The second kappa shape index (κ2) is 7.93. The molecule has 2 aromatic rings. The number of benzene rings is 2. The van der Waals surface area contributed by atoms with E-state index in [4.69, 9.17) is 14.2 Å². The van der Waals surface area contributed by atoms with Crippen molar-refractivity contribution in [3.8, 4) is 0 Å². The van der Waals surface area contributed by atoms with E-state index in [-0.39, 0.29) is 23.7 Å². The summed E-state index contributed by atoms with van der Waals surface area (Å²) in [6.07, 6.45) is -1.06. The fraction of sp³-hybridized carbons (Fsp3) is 0.364. The Labute approximate surface area is 168 Å². The van der Waals surface area contributed by atoms with Crippen molar-refractivity contribution in [3.05, 3.63) is 66.0 Å². The van der Waals surface area contributed by atoms with E-state index >= 15 is 0 Å². The van der Waals surface area contributed by atoms with Gasteiger partial charge in [0, 0.05) is 11.5 Å². The van der Waals surface area contributed by atoms with Crippen LogP contribution in [0.1, 0.15) is 25.7 Å². The molecule has 0 N–H and O–H groups in total. The molecule has 0 spiro atoms. The van der Waals surface area contributed by atoms with Crippen molar-refractivity contribution in [3.63, 3.8) is 0 Å². The summed E-state index contributed by atoms with van der Waals surface area (Å²) < 4.78 is 30.5. The predicted octanol–water partition coefficient (Wildman–Crippen LogP) is 3.89. The van der Waals surface area contributed by atoms with Gasteiger partial charge in [0.05, 0.1) is 12.8 Å². The average molecular weight is 398 g/mol. The van der Waals surface area contributed by atoms with E-state index in [1.807, 2.05) is 44.2 Å². The van der Waals surface area contributed by atoms with Gasteiger partial charge in [-0.25, -0.2) is 9.18 Å². The summed E-state index contributed by atoms with van der Waals surface area (Å²) in [7, 11) is 1.33. The highest BCUT2D eigenvalue weighted by molar-refractivity contribution is 6.38. The maximum absolute atomic E-state index is 13.4. The molecule has 2 unspecified atom stereocenters. The van der Waals surface area contributed by atoms with Crippen molar-refractivity contribution in [2.45, 2.75) is 32.5 Å². The molecule has 2 aromatic carbocycles. The van der Waals surface area contributed by atoms with Gasteiger partial charge in [0.2, 0.25) is 0 Å². The third-order valence-electron chi connectivity index (χ3n) is 5.25. The molecule has 2 heterocycles. The zero-order valence-corrected chi connectivity index (χ0v) is 16.5. The minimum atomic E-state index is -0.594. The van der Waals surface area contributed by atoms with E-state index in [9.17, 15) is 9.18 Å². The molecule has 1 fully saturated rings. The van der Waals surface area contributed by atoms with Gasteiger partial charge in [-0.3, -0.25) is 5.01 Å². The van der Waals surface area contributed by atoms with E-state index in [1.54, 1.807) is 17.1 Å². The third-order valence-corrected chi connectivity index (χ3v) is 5.25. The number of carbonyl (C=O) groups excluding carboxylic acids is 1. The molecule has 0 aliphatic carbocycles. The van der Waals surface area contributed by atoms with Crippen LogP contribution in [0.25, 0.3) is 0 Å². The first-order valence-electron chi connectivity index (χ1n) is 9.57. The van der Waals surface area contributed by atoms with Gasteiger partial charge >= 0.3 is 5.97 Å². The zero-order valence-electron chi connectivity index (χ0n) is 16.5. The van der Waals surface area contributed by atoms with Gasteiger partial charge in [0.15, 0.2) is 18.3 Å². The topological polar surface area (TPSA) is 60.4 Å². The number of carbonyl (C=O) groups is 1. The summed E-state index contributed by atoms with van der Waals surface area (Å²) in [5.74, 6) is -1.03. The summed E-state index contributed by atoms with van der Waals surface area (Å²) in [6, 6.07) is 15.2. The second-order valence-electron chi connectivity index (χ2n) is 7.44. The molecule has 29 heavy (non-hydrogen) atoms. The molecule has 2 atom stereocenters. The van der Waals surface area contributed by atoms with Crippen LogP contribution in [0.2, 0.25) is 0 Å². The van der Waals surface area contributed by atoms with Crippen molar-refractivity contribution in [2.75, 3.05) is 12.1 Å². The Morgan fingerprint density at radius 3 is 2.34 bits per heavy atom. The number of rotatable bonds is 5. The molecule has 4 rings (SSSR count). The van der Waals surface area contributed by atoms with E-state index < -0.39 is 18.5 Å². The van der Waals surface area contributed by atoms with Crippen LogP contribution in [0, 0.1) is 17.7 Å². The van der Waals surface area contributed by atoms with Gasteiger partial charge in [0.1, 0.15) is 11.9 Å². The van der Waals surface area contributed by atoms with Gasteiger partial charge in [-0.05, 0) is 30.2 Å². The normalized spacial score (nSPS) is 26.2. The highest BCUT2D eigenvalue weighted by Crippen LogP contribution is 2.43. The van der Waals surface area contributed by atoms with Crippen LogP contribution < -0.4 is 5.01 Å². The van der Waals surface area contributed by atoms with Crippen molar-refractivity contribution in [2.24, 2.45) is 16.9 Å². The lowest BCUT2D eigenvalue weighted by Crippen LogP contribution is -2.54. The molecule has 0 amide bonds. The molecule has 152 valence electrons. The molecule has 0 aromatic heterocycles. The predicted molar refractivity (Wildman–Crippen MR) is 106 cm³/mol. The summed E-state index contributed by atoms with van der Waals surface area (Å²) in [5, 5.41) is 6.22. The second-order valence-corrected chi connectivity index (χ2v) is 7.44. The van der Waals surface area contributed by atoms with E-state index in [1.165, 1.54) is 19.2 Å². The van der Waals surface area contributed by atoms with Gasteiger partial charge in [-0.1, -0.05) is 44.2 Å².